The molecule has 3 rings (SSSR count). The van der Waals surface area contributed by atoms with Crippen LogP contribution in [0.1, 0.15) is 24.9 Å². The van der Waals surface area contributed by atoms with Crippen LogP contribution < -0.4 is 4.57 Å². The number of nitrogens with one attached hydrogen (secondary N) is 1. The zero-order chi connectivity index (χ0) is 19.6. The van der Waals surface area contributed by atoms with Crippen LogP contribution in [0.3, 0.4) is 0 Å². The first-order chi connectivity index (χ1) is 12.9. The predicted octanol–water partition coefficient (Wildman–Crippen LogP) is 1.59. The lowest BCUT2D eigenvalue weighted by atomic mass is 9.96. The van der Waals surface area contributed by atoms with Crippen molar-refractivity contribution in [3.63, 3.8) is 0 Å². The van der Waals surface area contributed by atoms with Crippen LogP contribution in [0.4, 0.5) is 5.69 Å². The Bertz CT molecular complexity index is 902. The predicted molar refractivity (Wildman–Crippen MR) is 93.5 cm³/mol. The van der Waals surface area contributed by atoms with Gasteiger partial charge in [0.1, 0.15) is 12.4 Å². The van der Waals surface area contributed by atoms with Crippen molar-refractivity contribution < 1.29 is 24.2 Å². The summed E-state index contributed by atoms with van der Waals surface area (Å²) in [6.45, 7) is 2.26. The Morgan fingerprint density at radius 3 is 2.63 bits per heavy atom. The van der Waals surface area contributed by atoms with Crippen LogP contribution in [-0.4, -0.2) is 38.1 Å². The molecule has 0 fully saturated rings. The van der Waals surface area contributed by atoms with Gasteiger partial charge in [0, 0.05) is 25.1 Å². The van der Waals surface area contributed by atoms with Crippen molar-refractivity contribution in [2.24, 2.45) is 0 Å². The van der Waals surface area contributed by atoms with Crippen molar-refractivity contribution in [1.82, 2.24) is 9.88 Å². The number of aliphatic hydroxyl groups excluding tert-OH is 1. The molecule has 0 saturated carbocycles. The molecule has 9 heteroatoms. The second-order valence-electron chi connectivity index (χ2n) is 6.27. The van der Waals surface area contributed by atoms with Gasteiger partial charge >= 0.3 is 0 Å². The summed E-state index contributed by atoms with van der Waals surface area (Å²) in [5.74, 6) is -1.57. The van der Waals surface area contributed by atoms with E-state index < -0.39 is 28.4 Å². The molecule has 0 spiro atoms. The first-order valence-corrected chi connectivity index (χ1v) is 8.41. The number of imidazole rings is 1. The molecule has 1 unspecified atom stereocenters. The minimum Gasteiger partial charge on any atom is -0.503 e. The van der Waals surface area contributed by atoms with E-state index in [9.17, 15) is 24.8 Å². The van der Waals surface area contributed by atoms with Gasteiger partial charge in [-0.2, -0.15) is 0 Å². The number of ketones is 1. The third-order valence-electron chi connectivity index (χ3n) is 4.52. The number of aliphatic hydroxyl groups is 1. The third kappa shape index (κ3) is 3.57. The summed E-state index contributed by atoms with van der Waals surface area (Å²) in [5, 5.41) is 21.1. The average molecular weight is 371 g/mol. The lowest BCUT2D eigenvalue weighted by Crippen LogP contribution is -2.36. The van der Waals surface area contributed by atoms with Crippen LogP contribution >= 0.6 is 0 Å². The lowest BCUT2D eigenvalue weighted by molar-refractivity contribution is -0.695. The summed E-state index contributed by atoms with van der Waals surface area (Å²) >= 11 is 0. The highest BCUT2D eigenvalue weighted by Crippen LogP contribution is 2.38. The van der Waals surface area contributed by atoms with Gasteiger partial charge in [-0.1, -0.05) is 0 Å². The topological polar surface area (TPSA) is 120 Å². The molecule has 1 aliphatic heterocycles. The van der Waals surface area contributed by atoms with Gasteiger partial charge in [0.25, 0.3) is 11.6 Å². The van der Waals surface area contributed by atoms with Crippen LogP contribution in [0, 0.1) is 10.1 Å². The van der Waals surface area contributed by atoms with Gasteiger partial charge in [-0.3, -0.25) is 24.7 Å². The summed E-state index contributed by atoms with van der Waals surface area (Å²) in [7, 11) is 0. The Hall–Kier alpha value is -3.49. The number of hydrogen-bond donors (Lipinski definition) is 2. The van der Waals surface area contributed by atoms with Gasteiger partial charge in [0.2, 0.25) is 6.33 Å². The van der Waals surface area contributed by atoms with E-state index >= 15 is 0 Å². The smallest absolute Gasteiger partial charge is 0.290 e. The maximum atomic E-state index is 12.5. The van der Waals surface area contributed by atoms with Crippen molar-refractivity contribution in [3.8, 4) is 0 Å². The van der Waals surface area contributed by atoms with Crippen molar-refractivity contribution in [2.45, 2.75) is 25.9 Å². The summed E-state index contributed by atoms with van der Waals surface area (Å²) in [5.41, 5.74) is 0.469. The monoisotopic (exact) mass is 371 g/mol. The molecule has 0 saturated heterocycles. The van der Waals surface area contributed by atoms with Gasteiger partial charge < -0.3 is 10.0 Å². The first kappa shape index (κ1) is 18.3. The average Bonchev–Trinajstić information content (AvgIpc) is 3.23. The summed E-state index contributed by atoms with van der Waals surface area (Å²) in [4.78, 5) is 39.3. The minimum absolute atomic E-state index is 0.0168. The van der Waals surface area contributed by atoms with E-state index in [0.29, 0.717) is 25.1 Å². The molecule has 0 aliphatic carbocycles. The van der Waals surface area contributed by atoms with Crippen LogP contribution in [0.25, 0.3) is 0 Å². The number of hydrogen-bond acceptors (Lipinski definition) is 5. The number of nitro groups is 1. The van der Waals surface area contributed by atoms with Gasteiger partial charge in [-0.15, -0.1) is 0 Å². The summed E-state index contributed by atoms with van der Waals surface area (Å²) < 4.78 is 1.92. The van der Waals surface area contributed by atoms with Gasteiger partial charge in [-0.25, -0.2) is 4.57 Å². The van der Waals surface area contributed by atoms with Crippen LogP contribution in [-0.2, 0) is 16.1 Å². The Labute approximate surface area is 154 Å². The van der Waals surface area contributed by atoms with E-state index in [2.05, 4.69) is 4.98 Å². The third-order valence-corrected chi connectivity index (χ3v) is 4.52. The Balaban J connectivity index is 1.87. The lowest BCUT2D eigenvalue weighted by Gasteiger charge is -2.26. The number of non-ortho nitro benzene ring substituents is 1. The van der Waals surface area contributed by atoms with Crippen LogP contribution in [0.15, 0.2) is 54.3 Å². The molecule has 140 valence electrons. The highest BCUT2D eigenvalue weighted by atomic mass is 16.6. The zero-order valence-electron chi connectivity index (χ0n) is 14.7. The molecule has 1 aliphatic rings. The number of nitro benzene ring substituents is 1. The minimum atomic E-state index is -0.757. The van der Waals surface area contributed by atoms with Crippen LogP contribution in [0.2, 0.25) is 0 Å². The molecule has 1 aromatic carbocycles. The quantitative estimate of drug-likeness (QED) is 0.435. The van der Waals surface area contributed by atoms with E-state index in [4.69, 9.17) is 0 Å². The molecule has 2 heterocycles. The number of aromatic nitrogens is 2. The van der Waals surface area contributed by atoms with E-state index in [0.717, 1.165) is 0 Å². The van der Waals surface area contributed by atoms with Crippen molar-refractivity contribution in [3.05, 3.63) is 70.0 Å². The molecule has 1 atom stereocenters. The number of amides is 1. The zero-order valence-corrected chi connectivity index (χ0v) is 14.7. The number of aryl methyl sites for hydroxylation is 1. The number of carbonyl (C=O) groups excluding carboxylic acids is 2. The maximum absolute atomic E-state index is 12.5. The standard InChI is InChI=1S/C18H18N4O5/c1-12(23)15-16(13-3-5-14(6-4-13)22(26)27)21(18(25)17(15)24)9-2-8-20-10-7-19-11-20/h3-7,10-11,16H,2,8-9H2,1H3,(H,23,24)/p+1. The fraction of sp³-hybridized carbons (Fsp3) is 0.278. The molecule has 1 aromatic heterocycles. The number of carbonyl (C=O) groups is 2. The number of Topliss-reactive ketones (excluding diaryl/α,β-unsaturated/α-hetero) is 1. The SMILES string of the molecule is CC(=O)C1=C(O)C(=O)N(CCC[n+]2cc[nH]c2)C1c1ccc([N+](=O)[O-])cc1. The Kier molecular flexibility index (Phi) is 5.02. The van der Waals surface area contributed by atoms with Crippen LogP contribution in [0.5, 0.6) is 0 Å². The van der Waals surface area contributed by atoms with E-state index in [-0.39, 0.29) is 11.3 Å². The second kappa shape index (κ2) is 7.40. The molecule has 2 aromatic rings. The summed E-state index contributed by atoms with van der Waals surface area (Å²) in [6.07, 6.45) is 6.03. The van der Waals surface area contributed by atoms with Gasteiger partial charge in [-0.05, 0) is 24.6 Å². The normalized spacial score (nSPS) is 16.9. The highest BCUT2D eigenvalue weighted by molar-refractivity contribution is 6.08. The van der Waals surface area contributed by atoms with Crippen molar-refractivity contribution in [1.29, 1.82) is 0 Å². The number of aromatic amines is 1. The molecular weight excluding hydrogens is 352 g/mol. The summed E-state index contributed by atoms with van der Waals surface area (Å²) in [6, 6.07) is 4.89. The molecule has 0 radical (unpaired) electrons. The largest absolute Gasteiger partial charge is 0.503 e. The molecule has 1 amide bonds. The van der Waals surface area contributed by atoms with Gasteiger partial charge in [0.15, 0.2) is 11.5 Å². The number of benzene rings is 1. The molecule has 9 nitrogen and oxygen atoms in total. The van der Waals surface area contributed by atoms with Crippen molar-refractivity contribution >= 4 is 17.4 Å². The van der Waals surface area contributed by atoms with E-state index in [1.807, 2.05) is 10.8 Å². The van der Waals surface area contributed by atoms with Crippen molar-refractivity contribution in [2.75, 3.05) is 6.54 Å². The van der Waals surface area contributed by atoms with E-state index in [1.54, 1.807) is 12.5 Å². The first-order valence-electron chi connectivity index (χ1n) is 8.41. The molecular formula is C18H19N4O5+. The Morgan fingerprint density at radius 2 is 2.07 bits per heavy atom. The Morgan fingerprint density at radius 1 is 1.37 bits per heavy atom. The number of nitrogens with zero attached hydrogens (tertiary/aromatic N) is 3. The molecule has 0 bridgehead atoms. The number of rotatable bonds is 7. The highest BCUT2D eigenvalue weighted by Gasteiger charge is 2.42. The van der Waals surface area contributed by atoms with E-state index in [1.165, 1.54) is 36.1 Å². The maximum Gasteiger partial charge on any atom is 0.290 e. The number of H-pyrrole nitrogens is 1. The molecule has 2 N–H and O–H groups in total. The second-order valence-corrected chi connectivity index (χ2v) is 6.27. The molecule has 27 heavy (non-hydrogen) atoms. The van der Waals surface area contributed by atoms with Gasteiger partial charge in [0.05, 0.1) is 23.1 Å². The fourth-order valence-electron chi connectivity index (χ4n) is 3.25. The fourth-order valence-corrected chi connectivity index (χ4v) is 3.25.